The molecule has 2 nitrogen and oxygen atoms in total. The Bertz CT molecular complexity index is 293. The molecule has 2 heteroatoms. The van der Waals surface area contributed by atoms with Crippen LogP contribution in [0.15, 0.2) is 30.3 Å². The van der Waals surface area contributed by atoms with E-state index < -0.39 is 0 Å². The summed E-state index contributed by atoms with van der Waals surface area (Å²) in [4.78, 5) is 0. The molecule has 16 heavy (non-hydrogen) atoms. The van der Waals surface area contributed by atoms with Crippen LogP contribution >= 0.6 is 0 Å². The molecule has 1 fully saturated rings. The zero-order valence-electron chi connectivity index (χ0n) is 9.99. The highest BCUT2D eigenvalue weighted by molar-refractivity contribution is 5.18. The van der Waals surface area contributed by atoms with Gasteiger partial charge in [0, 0.05) is 19.1 Å². The molecule has 88 valence electrons. The topological polar surface area (TPSA) is 21.3 Å². The number of hydrogen-bond donors (Lipinski definition) is 1. The predicted octanol–water partition coefficient (Wildman–Crippen LogP) is 2.76. The lowest BCUT2D eigenvalue weighted by Crippen LogP contribution is -2.34. The van der Waals surface area contributed by atoms with Gasteiger partial charge in [0.1, 0.15) is 0 Å². The fourth-order valence-electron chi connectivity index (χ4n) is 2.46. The Morgan fingerprint density at radius 3 is 2.81 bits per heavy atom. The average Bonchev–Trinajstić information content (AvgIpc) is 2.38. The minimum Gasteiger partial charge on any atom is -0.373 e. The van der Waals surface area contributed by atoms with Crippen LogP contribution < -0.4 is 5.32 Å². The van der Waals surface area contributed by atoms with Crippen molar-refractivity contribution in [2.45, 2.75) is 25.9 Å². The lowest BCUT2D eigenvalue weighted by atomic mass is 9.89. The summed E-state index contributed by atoms with van der Waals surface area (Å²) in [7, 11) is 0. The summed E-state index contributed by atoms with van der Waals surface area (Å²) in [5.41, 5.74) is 1.32. The largest absolute Gasteiger partial charge is 0.373 e. The van der Waals surface area contributed by atoms with Gasteiger partial charge in [-0.05, 0) is 31.9 Å². The van der Waals surface area contributed by atoms with Crippen LogP contribution in [-0.2, 0) is 4.74 Å². The van der Waals surface area contributed by atoms with Crippen molar-refractivity contribution in [1.29, 1.82) is 0 Å². The minimum atomic E-state index is 0.263. The second-order valence-corrected chi connectivity index (χ2v) is 4.39. The molecule has 0 amide bonds. The number of rotatable bonds is 4. The smallest absolute Gasteiger partial charge is 0.0865 e. The molecule has 0 spiro atoms. The van der Waals surface area contributed by atoms with Crippen molar-refractivity contribution in [3.8, 4) is 0 Å². The Balaban J connectivity index is 2.09. The van der Waals surface area contributed by atoms with E-state index in [0.29, 0.717) is 5.92 Å². The van der Waals surface area contributed by atoms with Gasteiger partial charge in [0.25, 0.3) is 0 Å². The molecule has 0 aliphatic carbocycles. The summed E-state index contributed by atoms with van der Waals surface area (Å²) in [5.74, 6) is 0.621. The van der Waals surface area contributed by atoms with Crippen LogP contribution in [0, 0.1) is 5.92 Å². The third kappa shape index (κ3) is 2.83. The Hall–Kier alpha value is -0.860. The molecule has 1 N–H and O–H groups in total. The lowest BCUT2D eigenvalue weighted by molar-refractivity contribution is 0.0103. The summed E-state index contributed by atoms with van der Waals surface area (Å²) < 4.78 is 5.93. The van der Waals surface area contributed by atoms with Crippen molar-refractivity contribution < 1.29 is 4.74 Å². The van der Waals surface area contributed by atoms with Gasteiger partial charge in [-0.15, -0.1) is 0 Å². The second-order valence-electron chi connectivity index (χ2n) is 4.39. The Labute approximate surface area is 98.0 Å². The summed E-state index contributed by atoms with van der Waals surface area (Å²) in [6, 6.07) is 10.6. The molecule has 1 aliphatic rings. The van der Waals surface area contributed by atoms with Gasteiger partial charge in [-0.25, -0.2) is 0 Å². The fourth-order valence-corrected chi connectivity index (χ4v) is 2.46. The minimum absolute atomic E-state index is 0.263. The Kier molecular flexibility index (Phi) is 4.37. The zero-order valence-corrected chi connectivity index (χ0v) is 9.99. The predicted molar refractivity (Wildman–Crippen MR) is 66.4 cm³/mol. The van der Waals surface area contributed by atoms with E-state index >= 15 is 0 Å². The van der Waals surface area contributed by atoms with E-state index in [1.165, 1.54) is 18.4 Å². The SMILES string of the molecule is CCO[C@@H](c1ccccc1)[C@H]1CCCNC1. The van der Waals surface area contributed by atoms with Crippen molar-refractivity contribution in [3.05, 3.63) is 35.9 Å². The van der Waals surface area contributed by atoms with Crippen molar-refractivity contribution >= 4 is 0 Å². The van der Waals surface area contributed by atoms with Crippen molar-refractivity contribution in [2.24, 2.45) is 5.92 Å². The standard InChI is InChI=1S/C14H21NO/c1-2-16-14(12-7-4-3-5-8-12)13-9-6-10-15-11-13/h3-5,7-8,13-15H,2,6,9-11H2,1H3/t13-,14-/m0/s1. The molecule has 0 aromatic heterocycles. The first kappa shape index (κ1) is 11.6. The molecule has 1 heterocycles. The number of piperidine rings is 1. The summed E-state index contributed by atoms with van der Waals surface area (Å²) in [6.45, 7) is 5.10. The lowest BCUT2D eigenvalue weighted by Gasteiger charge is -2.30. The van der Waals surface area contributed by atoms with Crippen molar-refractivity contribution in [1.82, 2.24) is 5.32 Å². The highest BCUT2D eigenvalue weighted by Gasteiger charge is 2.24. The third-order valence-corrected chi connectivity index (χ3v) is 3.24. The van der Waals surface area contributed by atoms with Gasteiger partial charge < -0.3 is 10.1 Å². The number of ether oxygens (including phenoxy) is 1. The molecular formula is C14H21NO. The molecule has 0 unspecified atom stereocenters. The van der Waals surface area contributed by atoms with Gasteiger partial charge in [-0.3, -0.25) is 0 Å². The van der Waals surface area contributed by atoms with E-state index in [1.807, 2.05) is 0 Å². The van der Waals surface area contributed by atoms with Gasteiger partial charge in [0.05, 0.1) is 6.10 Å². The molecule has 2 atom stereocenters. The zero-order chi connectivity index (χ0) is 11.2. The van der Waals surface area contributed by atoms with E-state index in [0.717, 1.165) is 19.7 Å². The summed E-state index contributed by atoms with van der Waals surface area (Å²) in [5, 5.41) is 3.46. The maximum atomic E-state index is 5.93. The van der Waals surface area contributed by atoms with Crippen LogP contribution in [0.5, 0.6) is 0 Å². The molecule has 0 saturated carbocycles. The van der Waals surface area contributed by atoms with Gasteiger partial charge >= 0.3 is 0 Å². The third-order valence-electron chi connectivity index (χ3n) is 3.24. The Morgan fingerprint density at radius 2 is 2.19 bits per heavy atom. The molecular weight excluding hydrogens is 198 g/mol. The van der Waals surface area contributed by atoms with Crippen LogP contribution in [0.25, 0.3) is 0 Å². The van der Waals surface area contributed by atoms with E-state index in [-0.39, 0.29) is 6.10 Å². The molecule has 1 aromatic rings. The summed E-state index contributed by atoms with van der Waals surface area (Å²) in [6.07, 6.45) is 2.80. The van der Waals surface area contributed by atoms with Gasteiger partial charge in [0.15, 0.2) is 0 Å². The molecule has 1 aliphatic heterocycles. The quantitative estimate of drug-likeness (QED) is 0.840. The molecule has 0 bridgehead atoms. The van der Waals surface area contributed by atoms with E-state index in [4.69, 9.17) is 4.74 Å². The first-order valence-electron chi connectivity index (χ1n) is 6.29. The van der Waals surface area contributed by atoms with E-state index in [9.17, 15) is 0 Å². The number of benzene rings is 1. The molecule has 1 aromatic carbocycles. The Morgan fingerprint density at radius 1 is 1.38 bits per heavy atom. The number of hydrogen-bond acceptors (Lipinski definition) is 2. The van der Waals surface area contributed by atoms with Crippen LogP contribution in [-0.4, -0.2) is 19.7 Å². The monoisotopic (exact) mass is 219 g/mol. The van der Waals surface area contributed by atoms with Crippen LogP contribution in [0.3, 0.4) is 0 Å². The first-order chi connectivity index (χ1) is 7.92. The molecule has 2 rings (SSSR count). The maximum absolute atomic E-state index is 5.93. The highest BCUT2D eigenvalue weighted by Crippen LogP contribution is 2.30. The summed E-state index contributed by atoms with van der Waals surface area (Å²) >= 11 is 0. The molecule has 0 radical (unpaired) electrons. The highest BCUT2D eigenvalue weighted by atomic mass is 16.5. The van der Waals surface area contributed by atoms with Crippen molar-refractivity contribution in [2.75, 3.05) is 19.7 Å². The fraction of sp³-hybridized carbons (Fsp3) is 0.571. The van der Waals surface area contributed by atoms with Crippen LogP contribution in [0.4, 0.5) is 0 Å². The van der Waals surface area contributed by atoms with Gasteiger partial charge in [-0.2, -0.15) is 0 Å². The van der Waals surface area contributed by atoms with E-state index in [2.05, 4.69) is 42.6 Å². The van der Waals surface area contributed by atoms with E-state index in [1.54, 1.807) is 0 Å². The average molecular weight is 219 g/mol. The number of nitrogens with one attached hydrogen (secondary N) is 1. The first-order valence-corrected chi connectivity index (χ1v) is 6.29. The van der Waals surface area contributed by atoms with Gasteiger partial charge in [0.2, 0.25) is 0 Å². The molecule has 1 saturated heterocycles. The maximum Gasteiger partial charge on any atom is 0.0865 e. The van der Waals surface area contributed by atoms with Crippen molar-refractivity contribution in [3.63, 3.8) is 0 Å². The second kappa shape index (κ2) is 6.02. The van der Waals surface area contributed by atoms with Crippen LogP contribution in [0.2, 0.25) is 0 Å². The normalized spacial score (nSPS) is 22.9. The van der Waals surface area contributed by atoms with Gasteiger partial charge in [-0.1, -0.05) is 30.3 Å². The van der Waals surface area contributed by atoms with Crippen LogP contribution in [0.1, 0.15) is 31.4 Å².